The van der Waals surface area contributed by atoms with Gasteiger partial charge >= 0.3 is 5.97 Å². The van der Waals surface area contributed by atoms with Gasteiger partial charge in [0.25, 0.3) is 0 Å². The van der Waals surface area contributed by atoms with Crippen LogP contribution in [0.3, 0.4) is 0 Å². The molecule has 6 fully saturated rings. The number of Topliss-reactive ketones (excluding diaryl/α,β-unsaturated/α-hetero) is 1. The summed E-state index contributed by atoms with van der Waals surface area (Å²) in [7, 11) is 0. The first-order chi connectivity index (χ1) is 29.7. The number of carbonyl (C=O) groups is 6. The Bertz CT molecular complexity index is 2160. The Labute approximate surface area is 369 Å². The van der Waals surface area contributed by atoms with Crippen LogP contribution in [0.5, 0.6) is 5.75 Å². The van der Waals surface area contributed by atoms with Gasteiger partial charge in [-0.15, -0.1) is 0 Å². The number of aliphatic hydroxyl groups is 2. The predicted octanol–water partition coefficient (Wildman–Crippen LogP) is 3.14. The van der Waals surface area contributed by atoms with Gasteiger partial charge in [0.05, 0.1) is 30.2 Å². The Balaban J connectivity index is 0.888. The van der Waals surface area contributed by atoms with E-state index in [4.69, 9.17) is 19.3 Å². The maximum Gasteiger partial charge on any atom is 0.303 e. The largest absolute Gasteiger partial charge is 0.490 e. The molecule has 3 amide bonds. The average molecular weight is 951 g/mol. The predicted molar refractivity (Wildman–Crippen MR) is 217 cm³/mol. The number of alkyl halides is 3. The first kappa shape index (κ1) is 45.4. The number of benzene rings is 1. The molecule has 7 aliphatic rings. The molecular formula is C44H51BrF3N3O12. The summed E-state index contributed by atoms with van der Waals surface area (Å²) in [5, 5.41) is 38.9. The van der Waals surface area contributed by atoms with E-state index in [1.165, 1.54) is 37.3 Å². The van der Waals surface area contributed by atoms with Crippen LogP contribution in [0.25, 0.3) is 0 Å². The van der Waals surface area contributed by atoms with Gasteiger partial charge in [-0.1, -0.05) is 28.9 Å². The molecule has 1 aromatic rings. The maximum atomic E-state index is 17.7. The van der Waals surface area contributed by atoms with Crippen molar-refractivity contribution < 1.29 is 71.5 Å². The summed E-state index contributed by atoms with van der Waals surface area (Å²) < 4.78 is 68.4. The minimum Gasteiger partial charge on any atom is -0.490 e. The summed E-state index contributed by atoms with van der Waals surface area (Å²) in [4.78, 5) is 74.1. The summed E-state index contributed by atoms with van der Waals surface area (Å²) in [6.45, 7) is 1.77. The van der Waals surface area contributed by atoms with Crippen molar-refractivity contribution in [2.24, 2.45) is 28.1 Å². The third kappa shape index (κ3) is 7.33. The molecule has 0 aromatic heterocycles. The van der Waals surface area contributed by atoms with E-state index in [0.29, 0.717) is 25.7 Å². The highest BCUT2D eigenvalue weighted by molar-refractivity contribution is 9.09. The number of aliphatic hydroxyl groups excluding tert-OH is 2. The fourth-order valence-corrected chi connectivity index (χ4v) is 12.6. The lowest BCUT2D eigenvalue weighted by molar-refractivity contribution is -0.235. The number of allylic oxidation sites excluding steroid dienone is 4. The minimum absolute atomic E-state index is 0.00361. The van der Waals surface area contributed by atoms with Crippen LogP contribution in [-0.2, 0) is 38.2 Å². The van der Waals surface area contributed by atoms with Gasteiger partial charge in [-0.05, 0) is 99.5 Å². The van der Waals surface area contributed by atoms with Crippen molar-refractivity contribution in [3.05, 3.63) is 53.4 Å². The zero-order valence-electron chi connectivity index (χ0n) is 34.7. The van der Waals surface area contributed by atoms with Crippen LogP contribution >= 0.6 is 15.9 Å². The van der Waals surface area contributed by atoms with Crippen LogP contribution in [0.15, 0.2) is 42.0 Å². The molecule has 19 heteroatoms. The molecular weight excluding hydrogens is 899 g/mol. The number of carboxylic acid groups (broad SMARTS) is 1. The van der Waals surface area contributed by atoms with Gasteiger partial charge in [0.2, 0.25) is 17.7 Å². The maximum absolute atomic E-state index is 17.7. The molecule has 1 aromatic carbocycles. The SMILES string of the molecule is C[C@]12C=CC(=O)C=C1[C@@H](F)C[C@H]1[C@@H]3C[C@H]4O[C@@H](c5ccc(OC6CC7(CC(NC(=O)[C@H](CCC(=O)O)NC(=O)CNC(=O)CBr)C7)C6)cc5F)O[C@@]4(C(=O)CO)[C@@]3(C)C[C@H](O)[C@@]12F. The van der Waals surface area contributed by atoms with Crippen LogP contribution in [0.1, 0.15) is 83.5 Å². The molecule has 6 aliphatic carbocycles. The molecule has 11 atom stereocenters. The molecule has 15 nitrogen and oxygen atoms in total. The molecule has 0 unspecified atom stereocenters. The second-order valence-electron chi connectivity index (χ2n) is 18.9. The zero-order chi connectivity index (χ0) is 45.4. The molecule has 1 heterocycles. The monoisotopic (exact) mass is 949 g/mol. The van der Waals surface area contributed by atoms with E-state index in [2.05, 4.69) is 31.9 Å². The number of aliphatic carboxylic acids is 1. The molecule has 5 saturated carbocycles. The van der Waals surface area contributed by atoms with Crippen molar-refractivity contribution in [2.75, 3.05) is 18.5 Å². The Morgan fingerprint density at radius 3 is 2.44 bits per heavy atom. The van der Waals surface area contributed by atoms with Gasteiger partial charge in [0.1, 0.15) is 30.4 Å². The van der Waals surface area contributed by atoms with E-state index in [-0.39, 0.29) is 78.4 Å². The molecule has 8 rings (SSSR count). The Morgan fingerprint density at radius 1 is 1.05 bits per heavy atom. The third-order valence-corrected chi connectivity index (χ3v) is 15.9. The van der Waals surface area contributed by atoms with E-state index >= 15 is 13.2 Å². The quantitative estimate of drug-likeness (QED) is 0.148. The first-order valence-electron chi connectivity index (χ1n) is 21.3. The molecule has 0 bridgehead atoms. The number of hydrogen-bond acceptors (Lipinski definition) is 11. The number of carbonyl (C=O) groups excluding carboxylic acids is 5. The molecule has 1 aliphatic heterocycles. The first-order valence-corrected chi connectivity index (χ1v) is 22.4. The summed E-state index contributed by atoms with van der Waals surface area (Å²) in [6.07, 6.45) is -1.29. The van der Waals surface area contributed by atoms with Crippen molar-refractivity contribution >= 4 is 51.2 Å². The van der Waals surface area contributed by atoms with Gasteiger partial charge in [0, 0.05) is 40.8 Å². The fourth-order valence-electron chi connectivity index (χ4n) is 12.4. The summed E-state index contributed by atoms with van der Waals surface area (Å²) in [6, 6.07) is 2.79. The van der Waals surface area contributed by atoms with Crippen LogP contribution in [-0.4, -0.2) is 117 Å². The number of fused-ring (bicyclic) bond motifs is 7. The average Bonchev–Trinajstić information content (AvgIpc) is 3.70. The van der Waals surface area contributed by atoms with Crippen molar-refractivity contribution in [1.29, 1.82) is 0 Å². The summed E-state index contributed by atoms with van der Waals surface area (Å²) in [5.74, 6) is -6.41. The highest BCUT2D eigenvalue weighted by atomic mass is 79.9. The lowest BCUT2D eigenvalue weighted by Gasteiger charge is -2.63. The van der Waals surface area contributed by atoms with Crippen LogP contribution < -0.4 is 20.7 Å². The smallest absolute Gasteiger partial charge is 0.303 e. The molecule has 0 radical (unpaired) electrons. The fraction of sp³-hybridized carbons (Fsp3) is 0.636. The Hall–Kier alpha value is -4.17. The zero-order valence-corrected chi connectivity index (χ0v) is 36.3. The van der Waals surface area contributed by atoms with Gasteiger partial charge in [-0.3, -0.25) is 28.8 Å². The van der Waals surface area contributed by atoms with E-state index in [9.17, 15) is 39.0 Å². The molecule has 63 heavy (non-hydrogen) atoms. The Morgan fingerprint density at radius 2 is 1.78 bits per heavy atom. The number of ether oxygens (including phenoxy) is 3. The highest BCUT2D eigenvalue weighted by Crippen LogP contribution is 2.72. The van der Waals surface area contributed by atoms with Gasteiger partial charge in [-0.2, -0.15) is 0 Å². The lowest BCUT2D eigenvalue weighted by atomic mass is 9.44. The van der Waals surface area contributed by atoms with Crippen molar-refractivity contribution in [3.63, 3.8) is 0 Å². The van der Waals surface area contributed by atoms with Crippen LogP contribution in [0.4, 0.5) is 13.2 Å². The topological polar surface area (TPSA) is 227 Å². The second kappa shape index (κ2) is 16.4. The van der Waals surface area contributed by atoms with Crippen LogP contribution in [0, 0.1) is 33.9 Å². The Kier molecular flexibility index (Phi) is 11.8. The van der Waals surface area contributed by atoms with Gasteiger partial charge < -0.3 is 45.5 Å². The number of hydrogen-bond donors (Lipinski definition) is 6. The molecule has 6 N–H and O–H groups in total. The number of halogens is 4. The summed E-state index contributed by atoms with van der Waals surface area (Å²) >= 11 is 2.97. The van der Waals surface area contributed by atoms with Crippen molar-refractivity contribution in [2.45, 2.75) is 126 Å². The van der Waals surface area contributed by atoms with E-state index in [1.807, 2.05) is 0 Å². The van der Waals surface area contributed by atoms with Gasteiger partial charge in [-0.25, -0.2) is 13.2 Å². The number of amides is 3. The van der Waals surface area contributed by atoms with E-state index in [0.717, 1.165) is 6.08 Å². The van der Waals surface area contributed by atoms with Crippen LogP contribution in [0.2, 0.25) is 0 Å². The molecule has 1 spiro atoms. The standard InChI is InChI=1S/C44H51BrF3N3O12/c1-40-8-7-22(53)9-28(40)30(47)11-27-26-12-34-44(33(55)20-52,41(26,2)17-32(54)43(27,40)48)63-39(62-34)25-4-3-23(10-29(25)46)61-24-15-42(16-24)13-21(14-42)50-38(60)31(5-6-37(58)59)51-36(57)19-49-35(56)18-45/h3-4,7-10,21,24,26-27,30-32,34,39,52,54H,5-6,11-20H2,1-2H3,(H,49,56)(H,50,60)(H,51,57)(H,58,59)/t21?,24?,26-,27-,30-,31-,32-,34+,39+,40-,41-,42?,43-,44+/m0/s1. The number of nitrogens with one attached hydrogen (secondary N) is 3. The van der Waals surface area contributed by atoms with Crippen molar-refractivity contribution in [1.82, 2.24) is 16.0 Å². The van der Waals surface area contributed by atoms with Crippen molar-refractivity contribution in [3.8, 4) is 5.75 Å². The van der Waals surface area contributed by atoms with E-state index in [1.54, 1.807) is 6.92 Å². The minimum atomic E-state index is -2.41. The van der Waals surface area contributed by atoms with Gasteiger partial charge in [0.15, 0.2) is 29.1 Å². The summed E-state index contributed by atoms with van der Waals surface area (Å²) in [5.41, 5.74) is -7.56. The van der Waals surface area contributed by atoms with E-state index < -0.39 is 112 Å². The highest BCUT2D eigenvalue weighted by Gasteiger charge is 2.80. The third-order valence-electron chi connectivity index (χ3n) is 15.3. The number of carboxylic acids is 1. The number of rotatable bonds is 14. The molecule has 342 valence electrons. The number of ketones is 2. The molecule has 1 saturated heterocycles. The second-order valence-corrected chi connectivity index (χ2v) is 19.5. The normalized spacial score (nSPS) is 39.9. The lowest BCUT2D eigenvalue weighted by Crippen LogP contribution is -2.70.